The summed E-state index contributed by atoms with van der Waals surface area (Å²) in [5.74, 6) is 0.830. The smallest absolute Gasteiger partial charge is 0.261 e. The van der Waals surface area contributed by atoms with Gasteiger partial charge in [0.25, 0.3) is 5.89 Å². The number of hydrogen-bond acceptors (Lipinski definition) is 7. The van der Waals surface area contributed by atoms with Gasteiger partial charge in [-0.2, -0.15) is 14.5 Å². The summed E-state index contributed by atoms with van der Waals surface area (Å²) in [7, 11) is 3.40. The van der Waals surface area contributed by atoms with Crippen molar-refractivity contribution in [2.24, 2.45) is 5.92 Å². The predicted molar refractivity (Wildman–Crippen MR) is 127 cm³/mol. The maximum Gasteiger partial charge on any atom is 0.261 e. The van der Waals surface area contributed by atoms with Crippen molar-refractivity contribution in [1.29, 1.82) is 0 Å². The van der Waals surface area contributed by atoms with Crippen molar-refractivity contribution in [2.45, 2.75) is 31.7 Å². The van der Waals surface area contributed by atoms with Crippen molar-refractivity contribution in [1.82, 2.24) is 29.8 Å². The van der Waals surface area contributed by atoms with Crippen molar-refractivity contribution in [2.75, 3.05) is 19.8 Å². The van der Waals surface area contributed by atoms with Gasteiger partial charge in [0.1, 0.15) is 12.4 Å². The lowest BCUT2D eigenvalue weighted by molar-refractivity contribution is -0.129. The number of likely N-dealkylation sites (N-methyl/N-ethyl adjacent to an activating group) is 1. The third-order valence-corrected chi connectivity index (χ3v) is 6.65. The summed E-state index contributed by atoms with van der Waals surface area (Å²) in [6.07, 6.45) is 5.48. The van der Waals surface area contributed by atoms with Gasteiger partial charge in [0, 0.05) is 25.9 Å². The Morgan fingerprint density at radius 2 is 1.91 bits per heavy atom. The fraction of sp³-hybridized carbons (Fsp3) is 0.320. The predicted octanol–water partition coefficient (Wildman–Crippen LogP) is 3.52. The number of hydrogen-bond donors (Lipinski definition) is 1. The fourth-order valence-electron chi connectivity index (χ4n) is 4.29. The van der Waals surface area contributed by atoms with Crippen LogP contribution in [0.15, 0.2) is 53.3 Å². The first-order valence-electron chi connectivity index (χ1n) is 11.4. The minimum absolute atomic E-state index is 0.0613. The molecular formula is C25H26FN7O2. The number of rotatable bonds is 7. The maximum absolute atomic E-state index is 13.3. The first-order valence-corrected chi connectivity index (χ1v) is 11.4. The third-order valence-electron chi connectivity index (χ3n) is 6.65. The van der Waals surface area contributed by atoms with E-state index < -0.39 is 11.4 Å². The van der Waals surface area contributed by atoms with Crippen LogP contribution in [0.1, 0.15) is 31.2 Å². The van der Waals surface area contributed by atoms with Crippen LogP contribution in [0.4, 0.5) is 10.2 Å². The van der Waals surface area contributed by atoms with E-state index in [2.05, 4.69) is 22.2 Å². The summed E-state index contributed by atoms with van der Waals surface area (Å²) >= 11 is 0. The molecule has 1 fully saturated rings. The number of benzene rings is 1. The average Bonchev–Trinajstić information content (AvgIpc) is 3.39. The van der Waals surface area contributed by atoms with Crippen molar-refractivity contribution in [3.63, 3.8) is 0 Å². The van der Waals surface area contributed by atoms with Gasteiger partial charge in [-0.1, -0.05) is 29.4 Å². The molecular weight excluding hydrogens is 449 g/mol. The highest BCUT2D eigenvalue weighted by Crippen LogP contribution is 2.50. The van der Waals surface area contributed by atoms with E-state index >= 15 is 0 Å². The van der Waals surface area contributed by atoms with E-state index in [0.717, 1.165) is 24.0 Å². The van der Waals surface area contributed by atoms with E-state index in [1.165, 1.54) is 11.0 Å². The largest absolute Gasteiger partial charge is 0.383 e. The fourth-order valence-corrected chi connectivity index (χ4v) is 4.29. The molecule has 0 aliphatic heterocycles. The van der Waals surface area contributed by atoms with E-state index in [0.29, 0.717) is 28.8 Å². The lowest BCUT2D eigenvalue weighted by Gasteiger charge is -2.27. The molecule has 0 spiro atoms. The summed E-state index contributed by atoms with van der Waals surface area (Å²) in [6, 6.07) is 10.9. The van der Waals surface area contributed by atoms with Crippen molar-refractivity contribution in [3.8, 4) is 22.6 Å². The van der Waals surface area contributed by atoms with Gasteiger partial charge in [0.05, 0.1) is 17.2 Å². The Hall–Kier alpha value is -4.08. The molecule has 9 nitrogen and oxygen atoms in total. The van der Waals surface area contributed by atoms with Gasteiger partial charge in [-0.25, -0.2) is 4.98 Å². The van der Waals surface area contributed by atoms with Crippen molar-refractivity contribution < 1.29 is 13.7 Å². The Morgan fingerprint density at radius 3 is 2.57 bits per heavy atom. The van der Waals surface area contributed by atoms with Crippen LogP contribution in [-0.2, 0) is 16.8 Å². The Kier molecular flexibility index (Phi) is 5.58. The van der Waals surface area contributed by atoms with Crippen LogP contribution in [0, 0.1) is 11.9 Å². The molecule has 1 amide bonds. The molecule has 4 aromatic rings. The molecule has 1 atom stereocenters. The van der Waals surface area contributed by atoms with Gasteiger partial charge in [0.15, 0.2) is 5.82 Å². The van der Waals surface area contributed by atoms with Gasteiger partial charge >= 0.3 is 0 Å². The topological polar surface area (TPSA) is 116 Å². The molecule has 0 bridgehead atoms. The van der Waals surface area contributed by atoms with Gasteiger partial charge in [-0.05, 0) is 48.9 Å². The average molecular weight is 476 g/mol. The van der Waals surface area contributed by atoms with Crippen molar-refractivity contribution in [3.05, 3.63) is 66.1 Å². The van der Waals surface area contributed by atoms with Crippen LogP contribution in [0.5, 0.6) is 0 Å². The quantitative estimate of drug-likeness (QED) is 0.407. The normalized spacial score (nSPS) is 15.1. The molecule has 35 heavy (non-hydrogen) atoms. The van der Waals surface area contributed by atoms with Gasteiger partial charge in [0.2, 0.25) is 11.9 Å². The van der Waals surface area contributed by atoms with E-state index in [1.54, 1.807) is 37.2 Å². The molecule has 180 valence electrons. The number of carbonyl (C=O) groups is 1. The van der Waals surface area contributed by atoms with Crippen LogP contribution >= 0.6 is 0 Å². The highest BCUT2D eigenvalue weighted by atomic mass is 19.1. The number of nitrogens with zero attached hydrogens (tertiary/aromatic N) is 6. The summed E-state index contributed by atoms with van der Waals surface area (Å²) < 4.78 is 20.5. The second-order valence-electron chi connectivity index (χ2n) is 9.26. The lowest BCUT2D eigenvalue weighted by Crippen LogP contribution is -2.28. The van der Waals surface area contributed by atoms with Crippen LogP contribution in [0.3, 0.4) is 0 Å². The minimum atomic E-state index is -0.605. The Balaban J connectivity index is 1.42. The first-order chi connectivity index (χ1) is 16.8. The van der Waals surface area contributed by atoms with Crippen LogP contribution in [-0.4, -0.2) is 49.8 Å². The number of carbonyl (C=O) groups excluding carboxylic acids is 1. The number of nitrogen functional groups attached to an aromatic ring is 1. The summed E-state index contributed by atoms with van der Waals surface area (Å²) in [6.45, 7) is 2.26. The summed E-state index contributed by atoms with van der Waals surface area (Å²) in [4.78, 5) is 21.9. The Bertz CT molecular complexity index is 1370. The van der Waals surface area contributed by atoms with Crippen molar-refractivity contribution >= 4 is 11.7 Å². The van der Waals surface area contributed by atoms with E-state index in [1.807, 2.05) is 24.3 Å². The van der Waals surface area contributed by atoms with Gasteiger partial charge < -0.3 is 15.2 Å². The van der Waals surface area contributed by atoms with E-state index in [4.69, 9.17) is 15.2 Å². The standard InChI is InChI=1S/C25H26FN7O2/c1-25(18-8-9-18,17-6-4-15(5-7-17)19-10-11-20(26)29-22(19)27)24-30-23(35-31-24)16-12-28-33(13-16)14-21(34)32(2)3/h4-7,10-13,18H,8-9,14H2,1-3H3,(H2,27,29)/t25-/m0/s1. The number of halogens is 1. The molecule has 1 aliphatic rings. The monoisotopic (exact) mass is 475 g/mol. The van der Waals surface area contributed by atoms with Crippen LogP contribution in [0.2, 0.25) is 0 Å². The summed E-state index contributed by atoms with van der Waals surface area (Å²) in [5, 5.41) is 8.58. The number of amides is 1. The molecule has 1 aliphatic carbocycles. The zero-order valence-corrected chi connectivity index (χ0v) is 19.8. The number of anilines is 1. The third kappa shape index (κ3) is 4.27. The Morgan fingerprint density at radius 1 is 1.17 bits per heavy atom. The number of nitrogens with two attached hydrogens (primary N) is 1. The van der Waals surface area contributed by atoms with Gasteiger partial charge in [-0.15, -0.1) is 0 Å². The second kappa shape index (κ2) is 8.61. The van der Waals surface area contributed by atoms with Gasteiger partial charge in [-0.3, -0.25) is 9.48 Å². The Labute approximate surface area is 201 Å². The molecule has 0 unspecified atom stereocenters. The highest BCUT2D eigenvalue weighted by Gasteiger charge is 2.47. The lowest BCUT2D eigenvalue weighted by atomic mass is 9.76. The summed E-state index contributed by atoms with van der Waals surface area (Å²) in [5.41, 5.74) is 8.71. The molecule has 0 saturated heterocycles. The van der Waals surface area contributed by atoms with E-state index in [9.17, 15) is 9.18 Å². The molecule has 3 aromatic heterocycles. The number of aromatic nitrogens is 5. The number of pyridine rings is 1. The highest BCUT2D eigenvalue weighted by molar-refractivity contribution is 5.75. The molecule has 1 aromatic carbocycles. The van der Waals surface area contributed by atoms with Crippen LogP contribution < -0.4 is 5.73 Å². The molecule has 0 radical (unpaired) electrons. The second-order valence-corrected chi connectivity index (χ2v) is 9.26. The van der Waals surface area contributed by atoms with E-state index in [-0.39, 0.29) is 18.3 Å². The molecule has 3 heterocycles. The van der Waals surface area contributed by atoms with Crippen LogP contribution in [0.25, 0.3) is 22.6 Å². The minimum Gasteiger partial charge on any atom is -0.383 e. The zero-order valence-electron chi connectivity index (χ0n) is 19.8. The zero-order chi connectivity index (χ0) is 24.7. The molecule has 5 rings (SSSR count). The molecule has 1 saturated carbocycles. The maximum atomic E-state index is 13.3. The SMILES string of the molecule is CN(C)C(=O)Cn1cc(-c2nc([C@@](C)(c3ccc(-c4ccc(F)nc4N)cc3)C3CC3)no2)cn1. The molecule has 10 heteroatoms. The first kappa shape index (κ1) is 22.7. The molecule has 2 N–H and O–H groups in total.